The van der Waals surface area contributed by atoms with E-state index in [0.29, 0.717) is 5.75 Å². The zero-order chi connectivity index (χ0) is 21.0. The third-order valence-corrected chi connectivity index (χ3v) is 6.47. The van der Waals surface area contributed by atoms with Gasteiger partial charge in [0.15, 0.2) is 0 Å². The van der Waals surface area contributed by atoms with Gasteiger partial charge in [0.1, 0.15) is 12.4 Å². The molecule has 2 atom stereocenters. The number of hydrogen-bond acceptors (Lipinski definition) is 6. The highest BCUT2D eigenvalue weighted by atomic mass is 32.2. The molecule has 156 valence electrons. The molecule has 3 rings (SSSR count). The lowest BCUT2D eigenvalue weighted by atomic mass is 10.2. The molecule has 2 aromatic carbocycles. The van der Waals surface area contributed by atoms with Gasteiger partial charge in [0.25, 0.3) is 0 Å². The molecule has 1 aliphatic heterocycles. The average Bonchev–Trinajstić information content (AvgIpc) is 2.71. The van der Waals surface area contributed by atoms with E-state index in [1.165, 1.54) is 22.5 Å². The highest BCUT2D eigenvalue weighted by Gasteiger charge is 2.32. The van der Waals surface area contributed by atoms with Crippen LogP contribution in [-0.4, -0.2) is 51.1 Å². The molecule has 29 heavy (non-hydrogen) atoms. The van der Waals surface area contributed by atoms with E-state index in [1.54, 1.807) is 25.3 Å². The lowest BCUT2D eigenvalue weighted by molar-refractivity contribution is -0.0440. The topological polar surface area (TPSA) is 82.1 Å². The van der Waals surface area contributed by atoms with Crippen LogP contribution in [0.3, 0.4) is 0 Å². The third-order valence-electron chi connectivity index (χ3n) is 4.64. The summed E-state index contributed by atoms with van der Waals surface area (Å²) in [7, 11) is -2.19. The molecule has 0 N–H and O–H groups in total. The summed E-state index contributed by atoms with van der Waals surface area (Å²) in [6.07, 6.45) is -0.384. The first-order chi connectivity index (χ1) is 13.8. The van der Waals surface area contributed by atoms with E-state index in [-0.39, 0.29) is 42.4 Å². The molecule has 0 radical (unpaired) electrons. The van der Waals surface area contributed by atoms with Crippen molar-refractivity contribution in [2.24, 2.45) is 0 Å². The van der Waals surface area contributed by atoms with E-state index < -0.39 is 16.0 Å². The Morgan fingerprint density at radius 2 is 1.79 bits per heavy atom. The van der Waals surface area contributed by atoms with Gasteiger partial charge in [0.2, 0.25) is 10.0 Å². The maximum atomic E-state index is 13.0. The van der Waals surface area contributed by atoms with E-state index in [1.807, 2.05) is 26.0 Å². The molecule has 0 saturated carbocycles. The Bertz CT molecular complexity index is 965. The van der Waals surface area contributed by atoms with Crippen LogP contribution in [0.2, 0.25) is 0 Å². The minimum absolute atomic E-state index is 0.0261. The number of benzene rings is 2. The number of carbonyl (C=O) groups is 1. The van der Waals surface area contributed by atoms with Crippen molar-refractivity contribution in [3.63, 3.8) is 0 Å². The first-order valence-electron chi connectivity index (χ1n) is 9.36. The lowest BCUT2D eigenvalue weighted by Gasteiger charge is -2.34. The first kappa shape index (κ1) is 21.3. The van der Waals surface area contributed by atoms with Gasteiger partial charge in [-0.15, -0.1) is 0 Å². The number of methoxy groups -OCH3 is 1. The predicted molar refractivity (Wildman–Crippen MR) is 107 cm³/mol. The summed E-state index contributed by atoms with van der Waals surface area (Å²) in [5.74, 6) is 0.0175. The van der Waals surface area contributed by atoms with Crippen LogP contribution in [-0.2, 0) is 26.1 Å². The summed E-state index contributed by atoms with van der Waals surface area (Å²) < 4.78 is 43.6. The Labute approximate surface area is 171 Å². The van der Waals surface area contributed by atoms with E-state index in [2.05, 4.69) is 0 Å². The number of esters is 1. The Morgan fingerprint density at radius 3 is 2.48 bits per heavy atom. The van der Waals surface area contributed by atoms with Crippen LogP contribution < -0.4 is 4.74 Å². The Hall–Kier alpha value is -2.42. The van der Waals surface area contributed by atoms with Gasteiger partial charge < -0.3 is 14.2 Å². The largest absolute Gasteiger partial charge is 0.496 e. The highest BCUT2D eigenvalue weighted by Crippen LogP contribution is 2.23. The van der Waals surface area contributed by atoms with Gasteiger partial charge in [-0.2, -0.15) is 4.31 Å². The predicted octanol–water partition coefficient (Wildman–Crippen LogP) is 2.85. The molecular weight excluding hydrogens is 394 g/mol. The van der Waals surface area contributed by atoms with E-state index in [0.717, 1.165) is 5.56 Å². The van der Waals surface area contributed by atoms with Gasteiger partial charge in [-0.1, -0.05) is 24.3 Å². The van der Waals surface area contributed by atoms with Crippen molar-refractivity contribution in [3.05, 3.63) is 59.7 Å². The summed E-state index contributed by atoms with van der Waals surface area (Å²) in [6.45, 7) is 4.25. The monoisotopic (exact) mass is 419 g/mol. The highest BCUT2D eigenvalue weighted by molar-refractivity contribution is 7.89. The number of para-hydroxylation sites is 1. The Balaban J connectivity index is 1.75. The Kier molecular flexibility index (Phi) is 6.56. The van der Waals surface area contributed by atoms with Crippen molar-refractivity contribution < 1.29 is 27.4 Å². The van der Waals surface area contributed by atoms with Crippen molar-refractivity contribution in [1.29, 1.82) is 0 Å². The summed E-state index contributed by atoms with van der Waals surface area (Å²) in [6, 6.07) is 13.1. The fourth-order valence-electron chi connectivity index (χ4n) is 3.31. The van der Waals surface area contributed by atoms with Gasteiger partial charge in [-0.25, -0.2) is 13.2 Å². The summed E-state index contributed by atoms with van der Waals surface area (Å²) >= 11 is 0. The SMILES string of the molecule is COc1ccccc1COC(=O)c1cccc(S(=O)(=O)N2C[C@H](C)O[C@@H](C)C2)c1. The van der Waals surface area contributed by atoms with Crippen LogP contribution in [0.5, 0.6) is 5.75 Å². The molecule has 8 heteroatoms. The van der Waals surface area contributed by atoms with Gasteiger partial charge >= 0.3 is 5.97 Å². The maximum Gasteiger partial charge on any atom is 0.338 e. The number of rotatable bonds is 6. The third kappa shape index (κ3) is 4.95. The second kappa shape index (κ2) is 8.94. The van der Waals surface area contributed by atoms with E-state index >= 15 is 0 Å². The molecule has 1 heterocycles. The van der Waals surface area contributed by atoms with Crippen molar-refractivity contribution in [1.82, 2.24) is 4.31 Å². The molecule has 1 fully saturated rings. The minimum atomic E-state index is -3.74. The maximum absolute atomic E-state index is 13.0. The normalized spacial score (nSPS) is 20.2. The number of nitrogens with zero attached hydrogens (tertiary/aromatic N) is 1. The number of sulfonamides is 1. The van der Waals surface area contributed by atoms with Crippen LogP contribution >= 0.6 is 0 Å². The fourth-order valence-corrected chi connectivity index (χ4v) is 4.95. The molecule has 0 spiro atoms. The van der Waals surface area contributed by atoms with Gasteiger partial charge in [-0.3, -0.25) is 0 Å². The molecule has 0 bridgehead atoms. The molecule has 1 aliphatic rings. The lowest BCUT2D eigenvalue weighted by Crippen LogP contribution is -2.48. The molecule has 0 amide bonds. The second-order valence-electron chi connectivity index (χ2n) is 7.00. The number of carbonyl (C=O) groups excluding carboxylic acids is 1. The van der Waals surface area contributed by atoms with Crippen LogP contribution in [0.4, 0.5) is 0 Å². The van der Waals surface area contributed by atoms with Crippen LogP contribution in [0.1, 0.15) is 29.8 Å². The van der Waals surface area contributed by atoms with Crippen LogP contribution in [0, 0.1) is 0 Å². The zero-order valence-corrected chi connectivity index (χ0v) is 17.5. The van der Waals surface area contributed by atoms with Crippen LogP contribution in [0.15, 0.2) is 53.4 Å². The fraction of sp³-hybridized carbons (Fsp3) is 0.381. The van der Waals surface area contributed by atoms with E-state index in [4.69, 9.17) is 14.2 Å². The average molecular weight is 419 g/mol. The second-order valence-corrected chi connectivity index (χ2v) is 8.93. The molecule has 7 nitrogen and oxygen atoms in total. The van der Waals surface area contributed by atoms with E-state index in [9.17, 15) is 13.2 Å². The molecule has 0 aromatic heterocycles. The van der Waals surface area contributed by atoms with Gasteiger partial charge in [0, 0.05) is 18.7 Å². The summed E-state index contributed by atoms with van der Waals surface area (Å²) in [5.41, 5.74) is 0.902. The van der Waals surface area contributed by atoms with Crippen molar-refractivity contribution in [3.8, 4) is 5.75 Å². The van der Waals surface area contributed by atoms with Crippen LogP contribution in [0.25, 0.3) is 0 Å². The van der Waals surface area contributed by atoms with Crippen molar-refractivity contribution in [2.45, 2.75) is 37.6 Å². The number of ether oxygens (including phenoxy) is 3. The summed E-state index contributed by atoms with van der Waals surface area (Å²) in [5, 5.41) is 0. The quantitative estimate of drug-likeness (QED) is 0.670. The first-order valence-corrected chi connectivity index (χ1v) is 10.8. The summed E-state index contributed by atoms with van der Waals surface area (Å²) in [4.78, 5) is 12.5. The molecule has 0 aliphatic carbocycles. The Morgan fingerprint density at radius 1 is 1.10 bits per heavy atom. The standard InChI is InChI=1S/C21H25NO6S/c1-15-12-22(13-16(2)28-15)29(24,25)19-9-6-8-17(11-19)21(23)27-14-18-7-4-5-10-20(18)26-3/h4-11,15-16H,12-14H2,1-3H3/t15-,16-/m0/s1. The van der Waals surface area contributed by atoms with Gasteiger partial charge in [0.05, 0.1) is 29.8 Å². The smallest absolute Gasteiger partial charge is 0.338 e. The number of hydrogen-bond donors (Lipinski definition) is 0. The molecule has 2 aromatic rings. The molecular formula is C21H25NO6S. The van der Waals surface area contributed by atoms with Crippen molar-refractivity contribution in [2.75, 3.05) is 20.2 Å². The molecule has 0 unspecified atom stereocenters. The minimum Gasteiger partial charge on any atom is -0.496 e. The van der Waals surface area contributed by atoms with Crippen molar-refractivity contribution >= 4 is 16.0 Å². The number of morpholine rings is 1. The zero-order valence-electron chi connectivity index (χ0n) is 16.7. The van der Waals surface area contributed by atoms with Gasteiger partial charge in [-0.05, 0) is 38.1 Å². The molecule has 1 saturated heterocycles.